The van der Waals surface area contributed by atoms with Crippen LogP contribution in [0.3, 0.4) is 0 Å². The van der Waals surface area contributed by atoms with Gasteiger partial charge in [-0.2, -0.15) is 10.2 Å². The number of hydrogen-bond donors (Lipinski definition) is 1. The van der Waals surface area contributed by atoms with Crippen LogP contribution in [0.25, 0.3) is 0 Å². The van der Waals surface area contributed by atoms with Crippen LogP contribution in [0.2, 0.25) is 0 Å². The average Bonchev–Trinajstić information content (AvgIpc) is 2.92. The molecule has 2 aromatic rings. The summed E-state index contributed by atoms with van der Waals surface area (Å²) in [6, 6.07) is 5.58. The highest BCUT2D eigenvalue weighted by Gasteiger charge is 2.21. The van der Waals surface area contributed by atoms with Crippen LogP contribution < -0.4 is 10.6 Å². The summed E-state index contributed by atoms with van der Waals surface area (Å²) >= 11 is 0. The Labute approximate surface area is 129 Å². The Morgan fingerprint density at radius 1 is 1.26 bits per heavy atom. The van der Waals surface area contributed by atoms with Crippen LogP contribution in [0.5, 0.6) is 5.75 Å². The number of nitrogens with two attached hydrogens (primary N) is 1. The summed E-state index contributed by atoms with van der Waals surface area (Å²) in [7, 11) is 1.41. The number of hydrogen-bond acceptors (Lipinski definition) is 4. The molecule has 0 spiro atoms. The third-order valence-electron chi connectivity index (χ3n) is 3.13. The van der Waals surface area contributed by atoms with Gasteiger partial charge in [0.1, 0.15) is 17.1 Å². The molecule has 2 N–H and O–H groups in total. The molecule has 9 heteroatoms. The minimum absolute atomic E-state index is 0.151. The van der Waals surface area contributed by atoms with Crippen LogP contribution in [-0.4, -0.2) is 23.1 Å². The number of aromatic nitrogens is 2. The van der Waals surface area contributed by atoms with E-state index in [1.165, 1.54) is 13.3 Å². The fraction of sp³-hybridized carbons (Fsp3) is 0.286. The van der Waals surface area contributed by atoms with Gasteiger partial charge in [0, 0.05) is 5.56 Å². The van der Waals surface area contributed by atoms with Crippen molar-refractivity contribution in [1.29, 1.82) is 0 Å². The van der Waals surface area contributed by atoms with Gasteiger partial charge >= 0.3 is 0 Å². The predicted octanol–water partition coefficient (Wildman–Crippen LogP) is 3.11. The zero-order valence-electron chi connectivity index (χ0n) is 12.1. The van der Waals surface area contributed by atoms with E-state index in [4.69, 9.17) is 10.6 Å². The zero-order valence-corrected chi connectivity index (χ0v) is 12.1. The second kappa shape index (κ2) is 7.12. The highest BCUT2D eigenvalue weighted by atomic mass is 19.3. The Morgan fingerprint density at radius 2 is 2.00 bits per heavy atom. The van der Waals surface area contributed by atoms with Gasteiger partial charge in [0.2, 0.25) is 0 Å². The van der Waals surface area contributed by atoms with E-state index in [2.05, 4.69) is 10.2 Å². The summed E-state index contributed by atoms with van der Waals surface area (Å²) in [5.74, 6) is 5.48. The number of rotatable bonds is 6. The fourth-order valence-electron chi connectivity index (χ4n) is 2.11. The molecule has 0 aliphatic rings. The molecule has 23 heavy (non-hydrogen) atoms. The lowest BCUT2D eigenvalue weighted by Crippen LogP contribution is -2.08. The van der Waals surface area contributed by atoms with Crippen molar-refractivity contribution in [3.8, 4) is 5.75 Å². The molecule has 2 rings (SSSR count). The van der Waals surface area contributed by atoms with Gasteiger partial charge in [0.05, 0.1) is 19.9 Å². The molecule has 0 saturated heterocycles. The largest absolute Gasteiger partial charge is 0.496 e. The van der Waals surface area contributed by atoms with Crippen LogP contribution in [0.4, 0.5) is 17.6 Å². The molecule has 0 saturated carbocycles. The van der Waals surface area contributed by atoms with E-state index in [0.29, 0.717) is 22.9 Å². The molecular formula is C14H14F4N4O. The highest BCUT2D eigenvalue weighted by molar-refractivity contribution is 5.80. The number of ether oxygens (including phenoxy) is 1. The summed E-state index contributed by atoms with van der Waals surface area (Å²) in [6.45, 7) is -0.151. The van der Waals surface area contributed by atoms with E-state index in [9.17, 15) is 17.6 Å². The summed E-state index contributed by atoms with van der Waals surface area (Å²) in [4.78, 5) is 0. The lowest BCUT2D eigenvalue weighted by molar-refractivity contribution is 0.139. The SMILES string of the molecule is COc1ccc(C=NN)cc1Cn1nc(C(F)F)cc1C(F)F. The molecule has 1 aromatic carbocycles. The van der Waals surface area contributed by atoms with Crippen molar-refractivity contribution in [2.45, 2.75) is 19.4 Å². The Bertz CT molecular complexity index is 700. The summed E-state index contributed by atoms with van der Waals surface area (Å²) in [5.41, 5.74) is -0.182. The second-order valence-corrected chi connectivity index (χ2v) is 4.60. The average molecular weight is 330 g/mol. The van der Waals surface area contributed by atoms with E-state index in [-0.39, 0.29) is 6.54 Å². The molecule has 0 aliphatic heterocycles. The highest BCUT2D eigenvalue weighted by Crippen LogP contribution is 2.27. The second-order valence-electron chi connectivity index (χ2n) is 4.60. The van der Waals surface area contributed by atoms with E-state index in [1.807, 2.05) is 0 Å². The van der Waals surface area contributed by atoms with Gasteiger partial charge in [0.15, 0.2) is 0 Å². The molecule has 0 atom stereocenters. The first-order chi connectivity index (χ1) is 11.0. The van der Waals surface area contributed by atoms with E-state index < -0.39 is 24.2 Å². The van der Waals surface area contributed by atoms with Gasteiger partial charge in [-0.1, -0.05) is 0 Å². The molecule has 1 aromatic heterocycles. The van der Waals surface area contributed by atoms with Crippen LogP contribution in [-0.2, 0) is 6.54 Å². The van der Waals surface area contributed by atoms with Crippen molar-refractivity contribution in [3.63, 3.8) is 0 Å². The summed E-state index contributed by atoms with van der Waals surface area (Å²) in [6.07, 6.45) is -4.48. The molecule has 0 fully saturated rings. The zero-order chi connectivity index (χ0) is 17.0. The first-order valence-electron chi connectivity index (χ1n) is 6.50. The third-order valence-corrected chi connectivity index (χ3v) is 3.13. The summed E-state index contributed by atoms with van der Waals surface area (Å²) in [5, 5.41) is 6.93. The third kappa shape index (κ3) is 3.79. The lowest BCUT2D eigenvalue weighted by Gasteiger charge is -2.11. The number of alkyl halides is 4. The number of benzene rings is 1. The van der Waals surface area contributed by atoms with Crippen molar-refractivity contribution in [3.05, 3.63) is 46.8 Å². The van der Waals surface area contributed by atoms with Crippen LogP contribution in [0, 0.1) is 0 Å². The standard InChI is InChI=1S/C14H14F4N4O/c1-23-12-3-2-8(6-20-19)4-9(12)7-22-11(14(17)18)5-10(21-22)13(15)16/h2-6,13-14H,7,19H2,1H3. The number of nitrogens with zero attached hydrogens (tertiary/aromatic N) is 3. The van der Waals surface area contributed by atoms with Crippen molar-refractivity contribution in [2.75, 3.05) is 7.11 Å². The van der Waals surface area contributed by atoms with Gasteiger partial charge in [-0.15, -0.1) is 0 Å². The normalized spacial score (nSPS) is 11.8. The van der Waals surface area contributed by atoms with Gasteiger partial charge in [-0.3, -0.25) is 4.68 Å². The molecule has 0 radical (unpaired) electrons. The van der Waals surface area contributed by atoms with Gasteiger partial charge in [-0.25, -0.2) is 17.6 Å². The predicted molar refractivity (Wildman–Crippen MR) is 76.0 cm³/mol. The van der Waals surface area contributed by atoms with Crippen LogP contribution in [0.15, 0.2) is 29.4 Å². The maximum atomic E-state index is 13.0. The molecule has 124 valence electrons. The quantitative estimate of drug-likeness (QED) is 0.383. The van der Waals surface area contributed by atoms with Crippen molar-refractivity contribution in [1.82, 2.24) is 9.78 Å². The molecule has 0 amide bonds. The topological polar surface area (TPSA) is 65.4 Å². The minimum Gasteiger partial charge on any atom is -0.496 e. The van der Waals surface area contributed by atoms with Crippen LogP contribution in [0.1, 0.15) is 35.4 Å². The Hall–Kier alpha value is -2.58. The van der Waals surface area contributed by atoms with Crippen molar-refractivity contribution < 1.29 is 22.3 Å². The van der Waals surface area contributed by atoms with Gasteiger partial charge < -0.3 is 10.6 Å². The maximum absolute atomic E-state index is 13.0. The Morgan fingerprint density at radius 3 is 2.57 bits per heavy atom. The lowest BCUT2D eigenvalue weighted by atomic mass is 10.1. The number of halogens is 4. The fourth-order valence-corrected chi connectivity index (χ4v) is 2.11. The monoisotopic (exact) mass is 330 g/mol. The number of methoxy groups -OCH3 is 1. The number of hydrazone groups is 1. The Balaban J connectivity index is 2.43. The van der Waals surface area contributed by atoms with E-state index >= 15 is 0 Å². The molecule has 0 aliphatic carbocycles. The Kier molecular flexibility index (Phi) is 5.20. The van der Waals surface area contributed by atoms with Crippen LogP contribution >= 0.6 is 0 Å². The van der Waals surface area contributed by atoms with Crippen molar-refractivity contribution >= 4 is 6.21 Å². The van der Waals surface area contributed by atoms with Gasteiger partial charge in [0.25, 0.3) is 12.9 Å². The molecule has 0 unspecified atom stereocenters. The molecule has 1 heterocycles. The molecule has 5 nitrogen and oxygen atoms in total. The molecular weight excluding hydrogens is 316 g/mol. The van der Waals surface area contributed by atoms with E-state index in [0.717, 1.165) is 4.68 Å². The van der Waals surface area contributed by atoms with E-state index in [1.54, 1.807) is 18.2 Å². The summed E-state index contributed by atoms with van der Waals surface area (Å²) < 4.78 is 57.4. The first kappa shape index (κ1) is 16.8. The molecule has 0 bridgehead atoms. The van der Waals surface area contributed by atoms with Crippen molar-refractivity contribution in [2.24, 2.45) is 10.9 Å². The smallest absolute Gasteiger partial charge is 0.282 e. The maximum Gasteiger partial charge on any atom is 0.282 e. The minimum atomic E-state index is -2.92. The first-order valence-corrected chi connectivity index (χ1v) is 6.50. The van der Waals surface area contributed by atoms with Gasteiger partial charge in [-0.05, 0) is 29.8 Å².